The first kappa shape index (κ1) is 24.2. The van der Waals surface area contributed by atoms with Crippen molar-refractivity contribution in [3.05, 3.63) is 72.1 Å². The van der Waals surface area contributed by atoms with Gasteiger partial charge in [-0.15, -0.1) is 0 Å². The van der Waals surface area contributed by atoms with Crippen LogP contribution in [0, 0.1) is 0 Å². The molecule has 0 aromatic heterocycles. The van der Waals surface area contributed by atoms with Crippen LogP contribution < -0.4 is 10.1 Å². The molecule has 2 aromatic carbocycles. The third-order valence-electron chi connectivity index (χ3n) is 4.55. The average Bonchev–Trinajstić information content (AvgIpc) is 2.78. The normalized spacial score (nSPS) is 12.0. The molecule has 0 bridgehead atoms. The van der Waals surface area contributed by atoms with Crippen LogP contribution in [0.5, 0.6) is 5.75 Å². The van der Waals surface area contributed by atoms with Crippen LogP contribution in [0.15, 0.2) is 76.5 Å². The Kier molecular flexibility index (Phi) is 10.3. The summed E-state index contributed by atoms with van der Waals surface area (Å²) in [5, 5.41) is 3.40. The SMILES string of the molecule is C=N/C(=N\C(=C/CN(C)C)Nc1cccc(OCc2ccccc2)c1)N(C)CCCC. The Bertz CT molecular complexity index is 861. The highest BCUT2D eigenvalue weighted by Crippen LogP contribution is 2.20. The van der Waals surface area contributed by atoms with E-state index in [2.05, 4.69) is 41.0 Å². The maximum atomic E-state index is 5.96. The number of nitrogens with one attached hydrogen (secondary N) is 1. The predicted molar refractivity (Wildman–Crippen MR) is 132 cm³/mol. The number of benzene rings is 2. The molecular formula is C25H35N5O. The summed E-state index contributed by atoms with van der Waals surface area (Å²) in [6, 6.07) is 18.0. The third kappa shape index (κ3) is 9.05. The fraction of sp³-hybridized carbons (Fsp3) is 0.360. The first-order valence-electron chi connectivity index (χ1n) is 10.7. The van der Waals surface area contributed by atoms with E-state index in [1.807, 2.05) is 74.6 Å². The van der Waals surface area contributed by atoms with Crippen molar-refractivity contribution < 1.29 is 4.74 Å². The van der Waals surface area contributed by atoms with Crippen LogP contribution in [0.1, 0.15) is 25.3 Å². The van der Waals surface area contributed by atoms with Crippen LogP contribution in [0.3, 0.4) is 0 Å². The molecule has 1 N–H and O–H groups in total. The van der Waals surface area contributed by atoms with Gasteiger partial charge in [-0.1, -0.05) is 49.7 Å². The van der Waals surface area contributed by atoms with Crippen molar-refractivity contribution in [1.29, 1.82) is 0 Å². The van der Waals surface area contributed by atoms with Gasteiger partial charge in [0.2, 0.25) is 5.96 Å². The van der Waals surface area contributed by atoms with Gasteiger partial charge in [0.25, 0.3) is 0 Å². The summed E-state index contributed by atoms with van der Waals surface area (Å²) in [6.45, 7) is 8.04. The molecule has 0 fully saturated rings. The zero-order chi connectivity index (χ0) is 22.5. The van der Waals surface area contributed by atoms with E-state index >= 15 is 0 Å². The van der Waals surface area contributed by atoms with Crippen molar-refractivity contribution >= 4 is 18.4 Å². The summed E-state index contributed by atoms with van der Waals surface area (Å²) in [4.78, 5) is 13.0. The minimum Gasteiger partial charge on any atom is -0.489 e. The maximum absolute atomic E-state index is 5.96. The third-order valence-corrected chi connectivity index (χ3v) is 4.55. The largest absolute Gasteiger partial charge is 0.489 e. The van der Waals surface area contributed by atoms with E-state index < -0.39 is 0 Å². The lowest BCUT2D eigenvalue weighted by atomic mass is 10.2. The van der Waals surface area contributed by atoms with Gasteiger partial charge in [0.05, 0.1) is 0 Å². The predicted octanol–water partition coefficient (Wildman–Crippen LogP) is 4.87. The summed E-state index contributed by atoms with van der Waals surface area (Å²) in [6.07, 6.45) is 4.23. The van der Waals surface area contributed by atoms with Gasteiger partial charge >= 0.3 is 0 Å². The molecule has 2 rings (SSSR count). The average molecular weight is 422 g/mol. The van der Waals surface area contributed by atoms with Gasteiger partial charge in [0.1, 0.15) is 18.2 Å². The van der Waals surface area contributed by atoms with Crippen molar-refractivity contribution in [2.45, 2.75) is 26.4 Å². The molecule has 0 heterocycles. The minimum atomic E-state index is 0.526. The van der Waals surface area contributed by atoms with E-state index in [0.29, 0.717) is 12.6 Å². The van der Waals surface area contributed by atoms with Crippen LogP contribution in [-0.4, -0.2) is 56.7 Å². The van der Waals surface area contributed by atoms with Crippen molar-refractivity contribution in [3.8, 4) is 5.75 Å². The monoisotopic (exact) mass is 421 g/mol. The van der Waals surface area contributed by atoms with Gasteiger partial charge in [0.15, 0.2) is 0 Å². The van der Waals surface area contributed by atoms with Crippen molar-refractivity contribution in [2.24, 2.45) is 9.98 Å². The number of hydrogen-bond acceptors (Lipinski definition) is 4. The fourth-order valence-electron chi connectivity index (χ4n) is 2.79. The lowest BCUT2D eigenvalue weighted by Crippen LogP contribution is -2.26. The quantitative estimate of drug-likeness (QED) is 0.415. The number of anilines is 1. The van der Waals surface area contributed by atoms with Crippen molar-refractivity contribution in [1.82, 2.24) is 9.80 Å². The molecule has 0 saturated heterocycles. The Hall–Kier alpha value is -3.12. The first-order chi connectivity index (χ1) is 15.0. The highest BCUT2D eigenvalue weighted by molar-refractivity contribution is 5.85. The minimum absolute atomic E-state index is 0.526. The maximum Gasteiger partial charge on any atom is 0.226 e. The number of likely N-dealkylation sites (N-methyl/N-ethyl adjacent to an activating group) is 1. The molecule has 0 saturated carbocycles. The molecule has 0 unspecified atom stereocenters. The first-order valence-corrected chi connectivity index (χ1v) is 10.7. The molecule has 0 aliphatic carbocycles. The molecular weight excluding hydrogens is 386 g/mol. The zero-order valence-electron chi connectivity index (χ0n) is 19.2. The molecule has 0 amide bonds. The van der Waals surface area contributed by atoms with Crippen LogP contribution in [0.4, 0.5) is 5.69 Å². The molecule has 31 heavy (non-hydrogen) atoms. The molecule has 2 aromatic rings. The van der Waals surface area contributed by atoms with Crippen molar-refractivity contribution in [2.75, 3.05) is 39.5 Å². The Labute approximate surface area is 187 Å². The highest BCUT2D eigenvalue weighted by Gasteiger charge is 2.07. The molecule has 0 radical (unpaired) electrons. The van der Waals surface area contributed by atoms with Gasteiger partial charge < -0.3 is 19.9 Å². The van der Waals surface area contributed by atoms with Crippen molar-refractivity contribution in [3.63, 3.8) is 0 Å². The smallest absolute Gasteiger partial charge is 0.226 e. The number of rotatable bonds is 11. The van der Waals surface area contributed by atoms with Crippen LogP contribution in [0.25, 0.3) is 0 Å². The molecule has 6 heteroatoms. The summed E-state index contributed by atoms with van der Waals surface area (Å²) in [5.74, 6) is 2.12. The summed E-state index contributed by atoms with van der Waals surface area (Å²) >= 11 is 0. The molecule has 0 aliphatic rings. The molecule has 6 nitrogen and oxygen atoms in total. The molecule has 0 spiro atoms. The van der Waals surface area contributed by atoms with E-state index in [-0.39, 0.29) is 0 Å². The van der Waals surface area contributed by atoms with E-state index in [1.54, 1.807) is 0 Å². The van der Waals surface area contributed by atoms with Crippen LogP contribution in [0.2, 0.25) is 0 Å². The van der Waals surface area contributed by atoms with Gasteiger partial charge in [-0.3, -0.25) is 0 Å². The Balaban J connectivity index is 2.15. The second-order valence-corrected chi connectivity index (χ2v) is 7.62. The summed E-state index contributed by atoms with van der Waals surface area (Å²) in [7, 11) is 6.04. The summed E-state index contributed by atoms with van der Waals surface area (Å²) < 4.78 is 5.96. The number of aliphatic imine (C=N–C) groups is 2. The van der Waals surface area contributed by atoms with Gasteiger partial charge in [-0.05, 0) is 51.0 Å². The Morgan fingerprint density at radius 2 is 1.87 bits per heavy atom. The summed E-state index contributed by atoms with van der Waals surface area (Å²) in [5.41, 5.74) is 2.03. The highest BCUT2D eigenvalue weighted by atomic mass is 16.5. The number of ether oxygens (including phenoxy) is 1. The topological polar surface area (TPSA) is 52.5 Å². The van der Waals surface area contributed by atoms with E-state index in [9.17, 15) is 0 Å². The van der Waals surface area contributed by atoms with E-state index in [0.717, 1.165) is 48.8 Å². The second kappa shape index (κ2) is 13.2. The number of unbranched alkanes of at least 4 members (excludes halogenated alkanes) is 1. The Morgan fingerprint density at radius 1 is 1.10 bits per heavy atom. The van der Waals surface area contributed by atoms with Gasteiger partial charge in [-0.2, -0.15) is 4.99 Å². The number of nitrogens with zero attached hydrogens (tertiary/aromatic N) is 4. The van der Waals surface area contributed by atoms with Gasteiger partial charge in [-0.25, -0.2) is 4.99 Å². The molecule has 0 atom stereocenters. The Morgan fingerprint density at radius 3 is 2.55 bits per heavy atom. The van der Waals surface area contributed by atoms with Crippen LogP contribution >= 0.6 is 0 Å². The lowest BCUT2D eigenvalue weighted by molar-refractivity contribution is 0.306. The number of guanidine groups is 1. The zero-order valence-corrected chi connectivity index (χ0v) is 19.2. The van der Waals surface area contributed by atoms with E-state index in [1.165, 1.54) is 0 Å². The standard InChI is InChI=1S/C25H35N5O/c1-6-7-17-30(5)25(26-2)28-24(16-18-29(3)4)27-22-14-11-15-23(19-22)31-20-21-12-9-8-10-13-21/h8-16,19,27H,2,6-7,17-18,20H2,1,3-5H3/b24-16-,28-25+. The lowest BCUT2D eigenvalue weighted by Gasteiger charge is -2.18. The van der Waals surface area contributed by atoms with Gasteiger partial charge in [0, 0.05) is 31.9 Å². The second-order valence-electron chi connectivity index (χ2n) is 7.62. The molecule has 0 aliphatic heterocycles. The van der Waals surface area contributed by atoms with E-state index in [4.69, 9.17) is 9.73 Å². The fourth-order valence-corrected chi connectivity index (χ4v) is 2.79. The van der Waals surface area contributed by atoms with Crippen LogP contribution in [-0.2, 0) is 6.61 Å². The molecule has 166 valence electrons. The number of hydrogen-bond donors (Lipinski definition) is 1.